The third-order valence-electron chi connectivity index (χ3n) is 3.70. The second kappa shape index (κ2) is 9.08. The Morgan fingerprint density at radius 1 is 1.08 bits per heavy atom. The summed E-state index contributed by atoms with van der Waals surface area (Å²) in [7, 11) is 0. The zero-order valence-corrected chi connectivity index (χ0v) is 14.8. The smallest absolute Gasteiger partial charge is 0.244 e. The van der Waals surface area contributed by atoms with Crippen molar-refractivity contribution in [3.8, 4) is 0 Å². The number of carbonyl (C=O) groups is 1. The topological polar surface area (TPSA) is 44.7 Å². The zero-order chi connectivity index (χ0) is 17.4. The Labute approximate surface area is 148 Å². The molecule has 2 aromatic rings. The summed E-state index contributed by atoms with van der Waals surface area (Å²) in [6.45, 7) is 6.22. The van der Waals surface area contributed by atoms with Crippen LogP contribution in [-0.4, -0.2) is 25.2 Å². The van der Waals surface area contributed by atoms with Gasteiger partial charge < -0.3 is 4.90 Å². The maximum atomic E-state index is 11.8. The van der Waals surface area contributed by atoms with E-state index in [-0.39, 0.29) is 12.3 Å². The van der Waals surface area contributed by atoms with Crippen molar-refractivity contribution in [3.63, 3.8) is 0 Å². The zero-order valence-electron chi connectivity index (χ0n) is 14.0. The van der Waals surface area contributed by atoms with Gasteiger partial charge in [0.2, 0.25) is 5.91 Å². The van der Waals surface area contributed by atoms with Crippen LogP contribution in [0.2, 0.25) is 5.02 Å². The lowest BCUT2D eigenvalue weighted by Gasteiger charge is -2.20. The fraction of sp³-hybridized carbons (Fsp3) is 0.263. The lowest BCUT2D eigenvalue weighted by Crippen LogP contribution is -2.21. The van der Waals surface area contributed by atoms with E-state index in [0.717, 1.165) is 24.2 Å². The highest BCUT2D eigenvalue weighted by Gasteiger charge is 2.02. The summed E-state index contributed by atoms with van der Waals surface area (Å²) in [6, 6.07) is 15.3. The molecule has 0 aliphatic heterocycles. The highest BCUT2D eigenvalue weighted by molar-refractivity contribution is 6.30. The summed E-state index contributed by atoms with van der Waals surface area (Å²) in [4.78, 5) is 14.1. The van der Waals surface area contributed by atoms with Crippen molar-refractivity contribution in [3.05, 3.63) is 64.7 Å². The standard InChI is InChI=1S/C19H22ClN3O/c1-3-23(4-2)18-11-7-16(8-12-18)14-21-22-19(24)13-15-5-9-17(20)10-6-15/h5-12,14H,3-4,13H2,1-2H3,(H,22,24). The molecule has 0 fully saturated rings. The lowest BCUT2D eigenvalue weighted by atomic mass is 10.1. The van der Waals surface area contributed by atoms with Crippen molar-refractivity contribution < 1.29 is 4.79 Å². The highest BCUT2D eigenvalue weighted by atomic mass is 35.5. The first-order chi connectivity index (χ1) is 11.6. The van der Waals surface area contributed by atoms with E-state index >= 15 is 0 Å². The normalized spacial score (nSPS) is 10.8. The number of nitrogens with zero attached hydrogens (tertiary/aromatic N) is 2. The van der Waals surface area contributed by atoms with E-state index in [0.29, 0.717) is 5.02 Å². The van der Waals surface area contributed by atoms with Crippen LogP contribution in [0.3, 0.4) is 0 Å². The summed E-state index contributed by atoms with van der Waals surface area (Å²) in [6.07, 6.45) is 1.92. The molecule has 0 bridgehead atoms. The molecule has 0 saturated heterocycles. The Hall–Kier alpha value is -2.33. The van der Waals surface area contributed by atoms with Crippen molar-refractivity contribution in [1.82, 2.24) is 5.43 Å². The Balaban J connectivity index is 1.86. The summed E-state index contributed by atoms with van der Waals surface area (Å²) in [5.74, 6) is -0.159. The van der Waals surface area contributed by atoms with Gasteiger partial charge in [-0.1, -0.05) is 35.9 Å². The molecule has 2 rings (SSSR count). The van der Waals surface area contributed by atoms with E-state index in [1.165, 1.54) is 5.69 Å². The molecular formula is C19H22ClN3O. The van der Waals surface area contributed by atoms with Gasteiger partial charge in [-0.2, -0.15) is 5.10 Å². The average Bonchev–Trinajstić information content (AvgIpc) is 2.59. The number of carbonyl (C=O) groups excluding carboxylic acids is 1. The first-order valence-electron chi connectivity index (χ1n) is 8.03. The molecule has 2 aromatic carbocycles. The van der Waals surface area contributed by atoms with Gasteiger partial charge in [-0.25, -0.2) is 5.43 Å². The number of hydrogen-bond donors (Lipinski definition) is 1. The Bertz CT molecular complexity index is 677. The Kier molecular flexibility index (Phi) is 6.82. The van der Waals surface area contributed by atoms with Crippen molar-refractivity contribution in [2.45, 2.75) is 20.3 Å². The number of rotatable bonds is 7. The number of anilines is 1. The van der Waals surface area contributed by atoms with E-state index in [1.54, 1.807) is 18.3 Å². The van der Waals surface area contributed by atoms with E-state index in [1.807, 2.05) is 24.3 Å². The molecule has 0 aliphatic carbocycles. The summed E-state index contributed by atoms with van der Waals surface area (Å²) in [5.41, 5.74) is 5.57. The van der Waals surface area contributed by atoms with Crippen LogP contribution in [0, 0.1) is 0 Å². The van der Waals surface area contributed by atoms with Crippen LogP contribution in [0.1, 0.15) is 25.0 Å². The minimum absolute atomic E-state index is 0.159. The summed E-state index contributed by atoms with van der Waals surface area (Å²) < 4.78 is 0. The van der Waals surface area contributed by atoms with Crippen molar-refractivity contribution in [1.29, 1.82) is 0 Å². The van der Waals surface area contributed by atoms with Gasteiger partial charge in [0.1, 0.15) is 0 Å². The number of benzene rings is 2. The molecular weight excluding hydrogens is 322 g/mol. The van der Waals surface area contributed by atoms with E-state index in [2.05, 4.69) is 41.4 Å². The number of amides is 1. The first kappa shape index (κ1) is 18.0. The molecule has 0 aromatic heterocycles. The molecule has 5 heteroatoms. The van der Waals surface area contributed by atoms with Crippen LogP contribution in [0.25, 0.3) is 0 Å². The molecule has 1 amide bonds. The van der Waals surface area contributed by atoms with E-state index < -0.39 is 0 Å². The third kappa shape index (κ3) is 5.39. The SMILES string of the molecule is CCN(CC)c1ccc(C=NNC(=O)Cc2ccc(Cl)cc2)cc1. The summed E-state index contributed by atoms with van der Waals surface area (Å²) >= 11 is 5.82. The number of hydrazone groups is 1. The lowest BCUT2D eigenvalue weighted by molar-refractivity contribution is -0.120. The van der Waals surface area contributed by atoms with Crippen LogP contribution in [-0.2, 0) is 11.2 Å². The van der Waals surface area contributed by atoms with Crippen LogP contribution in [0.4, 0.5) is 5.69 Å². The van der Waals surface area contributed by atoms with Crippen LogP contribution in [0.5, 0.6) is 0 Å². The predicted octanol–water partition coefficient (Wildman–Crippen LogP) is 3.88. The fourth-order valence-electron chi connectivity index (χ4n) is 2.37. The Morgan fingerprint density at radius 3 is 2.29 bits per heavy atom. The largest absolute Gasteiger partial charge is 0.372 e. The molecule has 0 aliphatic rings. The number of halogens is 1. The van der Waals surface area contributed by atoms with Gasteiger partial charge in [-0.3, -0.25) is 4.79 Å². The van der Waals surface area contributed by atoms with Gasteiger partial charge in [0.05, 0.1) is 12.6 Å². The van der Waals surface area contributed by atoms with E-state index in [9.17, 15) is 4.79 Å². The fourth-order valence-corrected chi connectivity index (χ4v) is 2.49. The maximum absolute atomic E-state index is 11.8. The predicted molar refractivity (Wildman–Crippen MR) is 101 cm³/mol. The summed E-state index contributed by atoms with van der Waals surface area (Å²) in [5, 5.41) is 4.66. The quantitative estimate of drug-likeness (QED) is 0.612. The maximum Gasteiger partial charge on any atom is 0.244 e. The third-order valence-corrected chi connectivity index (χ3v) is 3.95. The van der Waals surface area contributed by atoms with Crippen molar-refractivity contribution >= 4 is 29.4 Å². The van der Waals surface area contributed by atoms with Crippen molar-refractivity contribution in [2.75, 3.05) is 18.0 Å². The molecule has 4 nitrogen and oxygen atoms in total. The van der Waals surface area contributed by atoms with Crippen LogP contribution >= 0.6 is 11.6 Å². The Morgan fingerprint density at radius 2 is 1.71 bits per heavy atom. The number of nitrogens with one attached hydrogen (secondary N) is 1. The van der Waals surface area contributed by atoms with Gasteiger partial charge in [-0.15, -0.1) is 0 Å². The molecule has 0 saturated carbocycles. The number of hydrogen-bond acceptors (Lipinski definition) is 3. The molecule has 0 unspecified atom stereocenters. The van der Waals surface area contributed by atoms with Crippen molar-refractivity contribution in [2.24, 2.45) is 5.10 Å². The van der Waals surface area contributed by atoms with Gasteiger partial charge in [0.25, 0.3) is 0 Å². The minimum Gasteiger partial charge on any atom is -0.372 e. The van der Waals surface area contributed by atoms with E-state index in [4.69, 9.17) is 11.6 Å². The first-order valence-corrected chi connectivity index (χ1v) is 8.41. The second-order valence-corrected chi connectivity index (χ2v) is 5.80. The molecule has 0 heterocycles. The van der Waals surface area contributed by atoms with Gasteiger partial charge in [0.15, 0.2) is 0 Å². The van der Waals surface area contributed by atoms with Gasteiger partial charge in [0, 0.05) is 23.8 Å². The molecule has 1 N–H and O–H groups in total. The monoisotopic (exact) mass is 343 g/mol. The second-order valence-electron chi connectivity index (χ2n) is 5.36. The average molecular weight is 344 g/mol. The van der Waals surface area contributed by atoms with Gasteiger partial charge in [-0.05, 0) is 49.2 Å². The molecule has 24 heavy (non-hydrogen) atoms. The van der Waals surface area contributed by atoms with Gasteiger partial charge >= 0.3 is 0 Å². The molecule has 0 spiro atoms. The van der Waals surface area contributed by atoms with Crippen LogP contribution < -0.4 is 10.3 Å². The highest BCUT2D eigenvalue weighted by Crippen LogP contribution is 2.14. The molecule has 126 valence electrons. The molecule has 0 radical (unpaired) electrons. The minimum atomic E-state index is -0.159. The molecule has 0 atom stereocenters. The van der Waals surface area contributed by atoms with Crippen LogP contribution in [0.15, 0.2) is 53.6 Å².